The average molecular weight is 350 g/mol. The number of anilines is 2. The normalized spacial score (nSPS) is 10.3. The second kappa shape index (κ2) is 7.32. The minimum absolute atomic E-state index is 0.179. The van der Waals surface area contributed by atoms with Crippen molar-refractivity contribution in [3.63, 3.8) is 0 Å². The smallest absolute Gasteiger partial charge is 0.265 e. The van der Waals surface area contributed by atoms with Crippen molar-refractivity contribution in [2.75, 3.05) is 10.6 Å². The molecule has 0 bridgehead atoms. The van der Waals surface area contributed by atoms with Crippen molar-refractivity contribution in [2.45, 2.75) is 13.8 Å². The monoisotopic (exact) mass is 350 g/mol. The number of hydrogen-bond donors (Lipinski definition) is 2. The molecule has 1 aromatic heterocycles. The lowest BCUT2D eigenvalue weighted by Gasteiger charge is -2.10. The molecular weight excluding hydrogens is 332 g/mol. The van der Waals surface area contributed by atoms with E-state index in [0.717, 1.165) is 16.8 Å². The fourth-order valence-corrected chi connectivity index (χ4v) is 3.11. The van der Waals surface area contributed by atoms with Crippen LogP contribution in [0.3, 0.4) is 0 Å². The highest BCUT2D eigenvalue weighted by Gasteiger charge is 2.11. The Balaban J connectivity index is 1.74. The molecule has 0 saturated heterocycles. The number of hydrogen-bond acceptors (Lipinski definition) is 3. The second-order valence-electron chi connectivity index (χ2n) is 5.78. The lowest BCUT2D eigenvalue weighted by atomic mass is 10.1. The molecule has 5 heteroatoms. The van der Waals surface area contributed by atoms with Gasteiger partial charge in [-0.15, -0.1) is 11.3 Å². The third-order valence-electron chi connectivity index (χ3n) is 3.76. The van der Waals surface area contributed by atoms with Gasteiger partial charge in [0.15, 0.2) is 0 Å². The summed E-state index contributed by atoms with van der Waals surface area (Å²) in [6, 6.07) is 16.4. The van der Waals surface area contributed by atoms with E-state index >= 15 is 0 Å². The molecule has 0 radical (unpaired) electrons. The molecule has 0 atom stereocenters. The number of benzene rings is 2. The van der Waals surface area contributed by atoms with E-state index in [1.807, 2.05) is 43.5 Å². The van der Waals surface area contributed by atoms with Crippen LogP contribution >= 0.6 is 11.3 Å². The van der Waals surface area contributed by atoms with Crippen molar-refractivity contribution in [1.82, 2.24) is 0 Å². The highest BCUT2D eigenvalue weighted by atomic mass is 32.1. The summed E-state index contributed by atoms with van der Waals surface area (Å²) in [5.74, 6) is -0.388. The van der Waals surface area contributed by atoms with Crippen molar-refractivity contribution in [3.8, 4) is 0 Å². The molecule has 3 aromatic rings. The van der Waals surface area contributed by atoms with E-state index in [4.69, 9.17) is 0 Å². The lowest BCUT2D eigenvalue weighted by molar-refractivity contribution is 0.101. The minimum atomic E-state index is -0.209. The van der Waals surface area contributed by atoms with Crippen LogP contribution in [0.2, 0.25) is 0 Å². The van der Waals surface area contributed by atoms with Gasteiger partial charge in [-0.05, 0) is 55.1 Å². The molecule has 0 spiro atoms. The third kappa shape index (κ3) is 4.14. The Labute approximate surface area is 150 Å². The predicted molar refractivity (Wildman–Crippen MR) is 103 cm³/mol. The van der Waals surface area contributed by atoms with Crippen molar-refractivity contribution >= 4 is 34.5 Å². The van der Waals surface area contributed by atoms with Gasteiger partial charge in [-0.1, -0.05) is 29.8 Å². The summed E-state index contributed by atoms with van der Waals surface area (Å²) in [7, 11) is 0. The van der Waals surface area contributed by atoms with Crippen LogP contribution in [0.1, 0.15) is 31.2 Å². The highest BCUT2D eigenvalue weighted by Crippen LogP contribution is 2.19. The molecule has 126 valence electrons. The van der Waals surface area contributed by atoms with E-state index < -0.39 is 0 Å². The van der Waals surface area contributed by atoms with Crippen LogP contribution in [0.4, 0.5) is 11.4 Å². The lowest BCUT2D eigenvalue weighted by Crippen LogP contribution is -2.14. The van der Waals surface area contributed by atoms with Crippen LogP contribution in [0.15, 0.2) is 60.0 Å². The summed E-state index contributed by atoms with van der Waals surface area (Å²) < 4.78 is 0. The first kappa shape index (κ1) is 16.9. The molecule has 0 saturated carbocycles. The first-order chi connectivity index (χ1) is 12.0. The zero-order valence-electron chi connectivity index (χ0n) is 14.0. The SMILES string of the molecule is Cc1ccc(NC(=O)c2cccc(NC(=O)c3cccs3)c2)c(C)c1. The average Bonchev–Trinajstić information content (AvgIpc) is 3.12. The third-order valence-corrected chi connectivity index (χ3v) is 4.63. The number of amides is 2. The number of rotatable bonds is 4. The van der Waals surface area contributed by atoms with Gasteiger partial charge >= 0.3 is 0 Å². The number of aryl methyl sites for hydroxylation is 2. The predicted octanol–water partition coefficient (Wildman–Crippen LogP) is 4.87. The second-order valence-corrected chi connectivity index (χ2v) is 6.73. The standard InChI is InChI=1S/C20H18N2O2S/c1-13-8-9-17(14(2)11-13)22-19(23)15-5-3-6-16(12-15)21-20(24)18-7-4-10-25-18/h3-12H,1-2H3,(H,21,24)(H,22,23). The molecule has 0 aliphatic carbocycles. The van der Waals surface area contributed by atoms with Crippen LogP contribution in [-0.2, 0) is 0 Å². The van der Waals surface area contributed by atoms with E-state index in [1.165, 1.54) is 11.3 Å². The largest absolute Gasteiger partial charge is 0.322 e. The van der Waals surface area contributed by atoms with Crippen LogP contribution in [0.5, 0.6) is 0 Å². The van der Waals surface area contributed by atoms with Gasteiger partial charge in [0.25, 0.3) is 11.8 Å². The van der Waals surface area contributed by atoms with Gasteiger partial charge in [-0.2, -0.15) is 0 Å². The molecule has 2 N–H and O–H groups in total. The maximum atomic E-state index is 12.5. The Kier molecular flexibility index (Phi) is 4.95. The molecule has 2 amide bonds. The quantitative estimate of drug-likeness (QED) is 0.705. The number of nitrogens with one attached hydrogen (secondary N) is 2. The Morgan fingerprint density at radius 1 is 0.880 bits per heavy atom. The van der Waals surface area contributed by atoms with E-state index in [-0.39, 0.29) is 11.8 Å². The van der Waals surface area contributed by atoms with Gasteiger partial charge < -0.3 is 10.6 Å². The molecule has 1 heterocycles. The van der Waals surface area contributed by atoms with Gasteiger partial charge in [0.1, 0.15) is 0 Å². The van der Waals surface area contributed by atoms with Crippen LogP contribution in [0, 0.1) is 13.8 Å². The highest BCUT2D eigenvalue weighted by molar-refractivity contribution is 7.12. The Bertz CT molecular complexity index is 917. The Morgan fingerprint density at radius 3 is 2.44 bits per heavy atom. The van der Waals surface area contributed by atoms with Gasteiger partial charge in [-0.3, -0.25) is 9.59 Å². The number of thiophene rings is 1. The first-order valence-corrected chi connectivity index (χ1v) is 8.74. The Morgan fingerprint density at radius 2 is 1.72 bits per heavy atom. The van der Waals surface area contributed by atoms with Crippen molar-refractivity contribution in [2.24, 2.45) is 0 Å². The van der Waals surface area contributed by atoms with E-state index in [2.05, 4.69) is 10.6 Å². The summed E-state index contributed by atoms with van der Waals surface area (Å²) in [6.45, 7) is 3.97. The van der Waals surface area contributed by atoms with Gasteiger partial charge in [0.05, 0.1) is 4.88 Å². The molecule has 4 nitrogen and oxygen atoms in total. The van der Waals surface area contributed by atoms with Gasteiger partial charge in [0.2, 0.25) is 0 Å². The Hall–Kier alpha value is -2.92. The van der Waals surface area contributed by atoms with Crippen LogP contribution < -0.4 is 10.6 Å². The fraction of sp³-hybridized carbons (Fsp3) is 0.100. The molecule has 0 unspecified atom stereocenters. The van der Waals surface area contributed by atoms with Gasteiger partial charge in [0, 0.05) is 16.9 Å². The topological polar surface area (TPSA) is 58.2 Å². The summed E-state index contributed by atoms with van der Waals surface area (Å²) in [5, 5.41) is 7.58. The zero-order chi connectivity index (χ0) is 17.8. The molecule has 0 aliphatic rings. The van der Waals surface area contributed by atoms with Crippen molar-refractivity contribution in [3.05, 3.63) is 81.5 Å². The van der Waals surface area contributed by atoms with Gasteiger partial charge in [-0.25, -0.2) is 0 Å². The summed E-state index contributed by atoms with van der Waals surface area (Å²) in [4.78, 5) is 25.2. The first-order valence-electron chi connectivity index (χ1n) is 7.86. The number of carbonyl (C=O) groups excluding carboxylic acids is 2. The molecule has 2 aromatic carbocycles. The van der Waals surface area contributed by atoms with Crippen molar-refractivity contribution in [1.29, 1.82) is 0 Å². The fourth-order valence-electron chi connectivity index (χ4n) is 2.49. The molecule has 3 rings (SSSR count). The molecule has 0 fully saturated rings. The number of carbonyl (C=O) groups is 2. The molecule has 0 aliphatic heterocycles. The summed E-state index contributed by atoms with van der Waals surface area (Å²) in [5.41, 5.74) is 4.02. The van der Waals surface area contributed by atoms with Crippen LogP contribution in [-0.4, -0.2) is 11.8 Å². The van der Waals surface area contributed by atoms with Crippen LogP contribution in [0.25, 0.3) is 0 Å². The van der Waals surface area contributed by atoms with Crippen molar-refractivity contribution < 1.29 is 9.59 Å². The zero-order valence-corrected chi connectivity index (χ0v) is 14.8. The summed E-state index contributed by atoms with van der Waals surface area (Å²) in [6.07, 6.45) is 0. The van der Waals surface area contributed by atoms with E-state index in [0.29, 0.717) is 16.1 Å². The molecular formula is C20H18N2O2S. The maximum absolute atomic E-state index is 12.5. The van der Waals surface area contributed by atoms with E-state index in [9.17, 15) is 9.59 Å². The maximum Gasteiger partial charge on any atom is 0.265 e. The molecule has 25 heavy (non-hydrogen) atoms. The summed E-state index contributed by atoms with van der Waals surface area (Å²) >= 11 is 1.37. The van der Waals surface area contributed by atoms with E-state index in [1.54, 1.807) is 30.3 Å². The minimum Gasteiger partial charge on any atom is -0.322 e.